The van der Waals surface area contributed by atoms with E-state index in [9.17, 15) is 9.18 Å². The number of benzene rings is 2. The van der Waals surface area contributed by atoms with Crippen molar-refractivity contribution >= 4 is 39.6 Å². The molecule has 12 heteroatoms. The molecule has 0 unspecified atom stereocenters. The van der Waals surface area contributed by atoms with Crippen molar-refractivity contribution in [3.8, 4) is 16.9 Å². The highest BCUT2D eigenvalue weighted by molar-refractivity contribution is 5.93. The van der Waals surface area contributed by atoms with Gasteiger partial charge in [-0.25, -0.2) is 29.0 Å². The number of nitrogens with zero attached hydrogens (tertiary/aromatic N) is 9. The number of carbonyl (C=O) groups excluding carboxylic acids is 1. The summed E-state index contributed by atoms with van der Waals surface area (Å²) >= 11 is 0. The first-order valence-electron chi connectivity index (χ1n) is 14.7. The van der Waals surface area contributed by atoms with Gasteiger partial charge in [0.1, 0.15) is 29.8 Å². The molecule has 2 aromatic carbocycles. The molecule has 2 atom stereocenters. The summed E-state index contributed by atoms with van der Waals surface area (Å²) in [5, 5.41) is 8.87. The Hall–Kier alpha value is -5.39. The van der Waals surface area contributed by atoms with E-state index in [1.807, 2.05) is 48.6 Å². The molecule has 1 amide bonds. The van der Waals surface area contributed by atoms with E-state index in [4.69, 9.17) is 4.98 Å². The van der Waals surface area contributed by atoms with Crippen molar-refractivity contribution in [1.82, 2.24) is 39.2 Å². The number of halogens is 1. The molecule has 1 N–H and O–H groups in total. The van der Waals surface area contributed by atoms with Crippen LogP contribution < -0.4 is 10.2 Å². The highest BCUT2D eigenvalue weighted by Crippen LogP contribution is 2.33. The average molecular weight is 589 g/mol. The number of nitrogens with one attached hydrogen (secondary N) is 1. The number of rotatable bonds is 2. The lowest BCUT2D eigenvalue weighted by atomic mass is 10.1. The van der Waals surface area contributed by atoms with E-state index in [2.05, 4.69) is 40.9 Å². The van der Waals surface area contributed by atoms with Crippen LogP contribution in [0.3, 0.4) is 0 Å². The van der Waals surface area contributed by atoms with E-state index < -0.39 is 6.04 Å². The Morgan fingerprint density at radius 3 is 2.73 bits per heavy atom. The molecule has 0 saturated carbocycles. The molecule has 0 radical (unpaired) electrons. The van der Waals surface area contributed by atoms with E-state index in [-0.39, 0.29) is 17.8 Å². The zero-order valence-electron chi connectivity index (χ0n) is 24.0. The molecule has 6 aromatic rings. The summed E-state index contributed by atoms with van der Waals surface area (Å²) in [4.78, 5) is 36.7. The standard InChI is InChI=1S/C32H29FN10O/c1-40-13-4-14-41-19-36-26-7-2-5-23(29(26)41)25-6-3-8-28(39-25)38-21-15-27(32(40)44)42(17-21)30-24-16-37-43(31(24)35-18-34-30)22-11-9-20(33)10-12-22/h2-3,5-12,16,18-19,21,27H,4,13-15,17H2,1H3,(H,38,39)/t21-,27-/m0/s1. The summed E-state index contributed by atoms with van der Waals surface area (Å²) in [5.41, 5.74) is 5.12. The zero-order valence-corrected chi connectivity index (χ0v) is 24.0. The van der Waals surface area contributed by atoms with Gasteiger partial charge in [0.05, 0.1) is 40.3 Å². The van der Waals surface area contributed by atoms with Crippen LogP contribution in [-0.2, 0) is 11.3 Å². The Labute approximate surface area is 252 Å². The summed E-state index contributed by atoms with van der Waals surface area (Å²) in [5.74, 6) is 1.08. The maximum Gasteiger partial charge on any atom is 0.245 e. The monoisotopic (exact) mass is 588 g/mol. The number of aryl methyl sites for hydroxylation is 1. The van der Waals surface area contributed by atoms with Gasteiger partial charge in [0.15, 0.2) is 5.65 Å². The molecule has 2 aliphatic heterocycles. The molecule has 0 aliphatic carbocycles. The van der Waals surface area contributed by atoms with E-state index in [0.29, 0.717) is 42.0 Å². The summed E-state index contributed by atoms with van der Waals surface area (Å²) in [6.45, 7) is 1.85. The predicted octanol–water partition coefficient (Wildman–Crippen LogP) is 4.29. The number of hydrogen-bond acceptors (Lipinski definition) is 8. The van der Waals surface area contributed by atoms with Crippen molar-refractivity contribution in [3.63, 3.8) is 0 Å². The average Bonchev–Trinajstić information content (AvgIpc) is 3.78. The number of fused-ring (bicyclic) bond motifs is 6. The lowest BCUT2D eigenvalue weighted by Crippen LogP contribution is -2.45. The molecule has 2 aliphatic rings. The first kappa shape index (κ1) is 26.3. The summed E-state index contributed by atoms with van der Waals surface area (Å²) in [7, 11) is 1.86. The predicted molar refractivity (Wildman–Crippen MR) is 165 cm³/mol. The second-order valence-electron chi connectivity index (χ2n) is 11.3. The lowest BCUT2D eigenvalue weighted by Gasteiger charge is -2.29. The molecule has 0 spiro atoms. The van der Waals surface area contributed by atoms with Crippen molar-refractivity contribution in [2.45, 2.75) is 31.5 Å². The second-order valence-corrected chi connectivity index (χ2v) is 11.3. The molecule has 44 heavy (non-hydrogen) atoms. The Kier molecular flexibility index (Phi) is 6.21. The summed E-state index contributed by atoms with van der Waals surface area (Å²) in [6, 6.07) is 17.7. The van der Waals surface area contributed by atoms with E-state index in [1.165, 1.54) is 18.5 Å². The van der Waals surface area contributed by atoms with Gasteiger partial charge in [-0.15, -0.1) is 0 Å². The molecule has 220 valence electrons. The molecule has 6 heterocycles. The van der Waals surface area contributed by atoms with Crippen LogP contribution in [0.4, 0.5) is 16.0 Å². The maximum atomic E-state index is 14.1. The van der Waals surface area contributed by atoms with Crippen molar-refractivity contribution in [3.05, 3.63) is 85.3 Å². The smallest absolute Gasteiger partial charge is 0.245 e. The molecule has 4 bridgehead atoms. The highest BCUT2D eigenvalue weighted by Gasteiger charge is 2.40. The van der Waals surface area contributed by atoms with Crippen LogP contribution in [0.15, 0.2) is 79.5 Å². The number of imidazole rings is 1. The van der Waals surface area contributed by atoms with Gasteiger partial charge in [0.2, 0.25) is 5.91 Å². The number of pyridine rings is 1. The fraction of sp³-hybridized carbons (Fsp3) is 0.250. The fourth-order valence-corrected chi connectivity index (χ4v) is 6.46. The number of amides is 1. The van der Waals surface area contributed by atoms with E-state index in [0.717, 1.165) is 41.1 Å². The van der Waals surface area contributed by atoms with Crippen molar-refractivity contribution in [2.24, 2.45) is 0 Å². The molecule has 1 saturated heterocycles. The second kappa shape index (κ2) is 10.4. The molecular weight excluding hydrogens is 559 g/mol. The van der Waals surface area contributed by atoms with Crippen LogP contribution in [0, 0.1) is 5.82 Å². The van der Waals surface area contributed by atoms with Crippen molar-refractivity contribution < 1.29 is 9.18 Å². The van der Waals surface area contributed by atoms with Gasteiger partial charge in [0.25, 0.3) is 0 Å². The molecular formula is C32H29FN10O. The van der Waals surface area contributed by atoms with E-state index in [1.54, 1.807) is 23.0 Å². The Bertz CT molecular complexity index is 2020. The van der Waals surface area contributed by atoms with Gasteiger partial charge in [0, 0.05) is 38.3 Å². The van der Waals surface area contributed by atoms with Gasteiger partial charge in [-0.2, -0.15) is 5.10 Å². The third-order valence-electron chi connectivity index (χ3n) is 8.56. The third kappa shape index (κ3) is 4.41. The number of hydrogen-bond donors (Lipinski definition) is 1. The lowest BCUT2D eigenvalue weighted by molar-refractivity contribution is -0.131. The molecule has 4 aromatic heterocycles. The van der Waals surface area contributed by atoms with Crippen LogP contribution in [0.5, 0.6) is 0 Å². The number of carbonyl (C=O) groups is 1. The maximum absolute atomic E-state index is 14.1. The highest BCUT2D eigenvalue weighted by atomic mass is 19.1. The summed E-state index contributed by atoms with van der Waals surface area (Å²) < 4.78 is 17.4. The Morgan fingerprint density at radius 1 is 0.977 bits per heavy atom. The Balaban J connectivity index is 1.19. The van der Waals surface area contributed by atoms with E-state index >= 15 is 0 Å². The van der Waals surface area contributed by atoms with Crippen LogP contribution in [-0.4, -0.2) is 77.3 Å². The third-order valence-corrected chi connectivity index (χ3v) is 8.56. The minimum absolute atomic E-state index is 0.0275. The largest absolute Gasteiger partial charge is 0.365 e. The van der Waals surface area contributed by atoms with Crippen molar-refractivity contribution in [2.75, 3.05) is 30.4 Å². The number of anilines is 2. The van der Waals surface area contributed by atoms with Gasteiger partial charge in [-0.05, 0) is 55.3 Å². The summed E-state index contributed by atoms with van der Waals surface area (Å²) in [6.07, 6.45) is 6.41. The SMILES string of the molecule is CN1CCCn2cnc3cccc(c32)-c2cccc(n2)N[C@H]2C[C@@H](C1=O)N(c1ncnc3c1cnn3-c1ccc(F)cc1)C2. The zero-order chi connectivity index (χ0) is 29.8. The fourth-order valence-electron chi connectivity index (χ4n) is 6.46. The Morgan fingerprint density at radius 2 is 1.84 bits per heavy atom. The number of para-hydroxylation sites is 1. The van der Waals surface area contributed by atoms with Crippen LogP contribution in [0.2, 0.25) is 0 Å². The van der Waals surface area contributed by atoms with Crippen LogP contribution in [0.25, 0.3) is 39.0 Å². The van der Waals surface area contributed by atoms with Gasteiger partial charge in [-0.3, -0.25) is 4.79 Å². The quantitative estimate of drug-likeness (QED) is 0.319. The minimum atomic E-state index is -0.449. The van der Waals surface area contributed by atoms with Gasteiger partial charge < -0.3 is 19.7 Å². The van der Waals surface area contributed by atoms with Gasteiger partial charge >= 0.3 is 0 Å². The first-order valence-corrected chi connectivity index (χ1v) is 14.7. The number of aromatic nitrogens is 7. The van der Waals surface area contributed by atoms with Crippen LogP contribution in [0.1, 0.15) is 12.8 Å². The molecule has 11 nitrogen and oxygen atoms in total. The normalized spacial score (nSPS) is 18.8. The minimum Gasteiger partial charge on any atom is -0.365 e. The topological polar surface area (TPSA) is 110 Å². The van der Waals surface area contributed by atoms with Crippen molar-refractivity contribution in [1.29, 1.82) is 0 Å². The molecule has 8 rings (SSSR count). The first-order chi connectivity index (χ1) is 21.5. The molecule has 1 fully saturated rings. The van der Waals surface area contributed by atoms with Gasteiger partial charge in [-0.1, -0.05) is 18.2 Å². The number of likely N-dealkylation sites (N-methyl/N-ethyl adjacent to an activating group) is 1. The van der Waals surface area contributed by atoms with Crippen LogP contribution >= 0.6 is 0 Å².